The van der Waals surface area contributed by atoms with Crippen LogP contribution in [0, 0.1) is 11.5 Å². The van der Waals surface area contributed by atoms with Crippen LogP contribution in [0.1, 0.15) is 73.6 Å². The molecule has 0 aromatic carbocycles. The highest BCUT2D eigenvalue weighted by Crippen LogP contribution is 2.40. The largest absolute Gasteiger partial charge is 0.374 e. The maximum Gasteiger partial charge on any atom is 0.145 e. The SMILES string of the molecule is C=CCC[C@H]1CC[C@H](CC#C[Si](C(C)C)(C(C)C)C(C)C)O1. The molecule has 0 saturated carbocycles. The molecular formula is C20H36OSi. The predicted molar refractivity (Wildman–Crippen MR) is 101 cm³/mol. The molecule has 0 N–H and O–H groups in total. The van der Waals surface area contributed by atoms with Gasteiger partial charge in [0, 0.05) is 6.42 Å². The van der Waals surface area contributed by atoms with Gasteiger partial charge in [-0.2, -0.15) is 0 Å². The average Bonchev–Trinajstić information content (AvgIpc) is 2.87. The standard InChI is InChI=1S/C20H36OSi/c1-8-9-11-19-13-14-20(21-19)12-10-15-22(16(2)3,17(4)5)18(6)7/h8,16-20H,1,9,11-14H2,2-7H3/t19-,20-/m0/s1. The summed E-state index contributed by atoms with van der Waals surface area (Å²) in [6, 6.07) is 0. The van der Waals surface area contributed by atoms with Gasteiger partial charge in [0.2, 0.25) is 0 Å². The van der Waals surface area contributed by atoms with Gasteiger partial charge in [0.05, 0.1) is 12.2 Å². The van der Waals surface area contributed by atoms with Crippen LogP contribution < -0.4 is 0 Å². The highest BCUT2D eigenvalue weighted by Gasteiger charge is 2.41. The third-order valence-corrected chi connectivity index (χ3v) is 11.7. The summed E-state index contributed by atoms with van der Waals surface area (Å²) in [5.41, 5.74) is 5.95. The summed E-state index contributed by atoms with van der Waals surface area (Å²) in [5.74, 6) is 3.56. The lowest BCUT2D eigenvalue weighted by atomic mass is 10.1. The highest BCUT2D eigenvalue weighted by molar-refractivity contribution is 6.90. The van der Waals surface area contributed by atoms with Crippen molar-refractivity contribution < 1.29 is 4.74 Å². The minimum absolute atomic E-state index is 0.362. The average molecular weight is 321 g/mol. The second kappa shape index (κ2) is 8.94. The van der Waals surface area contributed by atoms with Gasteiger partial charge in [-0.25, -0.2) is 0 Å². The number of allylic oxidation sites excluding steroid dienone is 1. The second-order valence-electron chi connectivity index (χ2n) is 7.73. The summed E-state index contributed by atoms with van der Waals surface area (Å²) in [6.45, 7) is 18.0. The minimum atomic E-state index is -1.57. The van der Waals surface area contributed by atoms with Crippen molar-refractivity contribution in [1.29, 1.82) is 0 Å². The zero-order valence-electron chi connectivity index (χ0n) is 15.6. The van der Waals surface area contributed by atoms with Gasteiger partial charge < -0.3 is 4.74 Å². The van der Waals surface area contributed by atoms with Gasteiger partial charge in [-0.3, -0.25) is 0 Å². The number of hydrogen-bond acceptors (Lipinski definition) is 1. The van der Waals surface area contributed by atoms with Crippen molar-refractivity contribution in [2.45, 2.75) is 102 Å². The third kappa shape index (κ3) is 4.73. The van der Waals surface area contributed by atoms with Crippen molar-refractivity contribution in [2.24, 2.45) is 0 Å². The Hall–Kier alpha value is -0.523. The lowest BCUT2D eigenvalue weighted by Gasteiger charge is -2.38. The van der Waals surface area contributed by atoms with E-state index in [1.165, 1.54) is 12.8 Å². The molecule has 0 radical (unpaired) electrons. The molecule has 1 rings (SSSR count). The summed E-state index contributed by atoms with van der Waals surface area (Å²) in [7, 11) is -1.57. The summed E-state index contributed by atoms with van der Waals surface area (Å²) in [5, 5.41) is 0. The molecule has 1 heterocycles. The second-order valence-corrected chi connectivity index (χ2v) is 13.3. The molecule has 0 bridgehead atoms. The Morgan fingerprint density at radius 1 is 1.05 bits per heavy atom. The van der Waals surface area contributed by atoms with Crippen LogP contribution in [0.15, 0.2) is 12.7 Å². The molecule has 1 saturated heterocycles. The number of ether oxygens (including phenoxy) is 1. The maximum absolute atomic E-state index is 6.12. The fourth-order valence-corrected chi connectivity index (χ4v) is 9.47. The molecule has 0 unspecified atom stereocenters. The van der Waals surface area contributed by atoms with Crippen molar-refractivity contribution >= 4 is 8.07 Å². The van der Waals surface area contributed by atoms with Crippen molar-refractivity contribution in [1.82, 2.24) is 0 Å². The first kappa shape index (κ1) is 19.5. The van der Waals surface area contributed by atoms with Crippen molar-refractivity contribution in [3.8, 4) is 11.5 Å². The zero-order valence-corrected chi connectivity index (χ0v) is 16.6. The highest BCUT2D eigenvalue weighted by atomic mass is 28.3. The summed E-state index contributed by atoms with van der Waals surface area (Å²) in [4.78, 5) is 0. The Labute approximate surface area is 139 Å². The molecule has 2 heteroatoms. The van der Waals surface area contributed by atoms with Gasteiger partial charge >= 0.3 is 0 Å². The molecule has 1 aliphatic rings. The van der Waals surface area contributed by atoms with Crippen molar-refractivity contribution in [2.75, 3.05) is 0 Å². The monoisotopic (exact) mass is 320 g/mol. The lowest BCUT2D eigenvalue weighted by Crippen LogP contribution is -2.43. The van der Waals surface area contributed by atoms with Crippen LogP contribution in [0.5, 0.6) is 0 Å². The Morgan fingerprint density at radius 3 is 2.09 bits per heavy atom. The molecular weight excluding hydrogens is 284 g/mol. The van der Waals surface area contributed by atoms with E-state index in [0.29, 0.717) is 28.8 Å². The van der Waals surface area contributed by atoms with E-state index in [1.54, 1.807) is 0 Å². The van der Waals surface area contributed by atoms with Crippen LogP contribution >= 0.6 is 0 Å². The van der Waals surface area contributed by atoms with Gasteiger partial charge in [0.1, 0.15) is 8.07 Å². The molecule has 0 aromatic heterocycles. The van der Waals surface area contributed by atoms with E-state index < -0.39 is 8.07 Å². The number of rotatable bonds is 7. The molecule has 22 heavy (non-hydrogen) atoms. The summed E-state index contributed by atoms with van der Waals surface area (Å²) < 4.78 is 6.12. The molecule has 1 fully saturated rings. The molecule has 1 aliphatic heterocycles. The Kier molecular flexibility index (Phi) is 7.93. The van der Waals surface area contributed by atoms with E-state index in [9.17, 15) is 0 Å². The molecule has 126 valence electrons. The van der Waals surface area contributed by atoms with Gasteiger partial charge in [-0.15, -0.1) is 18.0 Å². The van der Waals surface area contributed by atoms with E-state index in [0.717, 1.165) is 19.3 Å². The molecule has 0 amide bonds. The third-order valence-electron chi connectivity index (χ3n) is 5.39. The van der Waals surface area contributed by atoms with Crippen LogP contribution in [0.4, 0.5) is 0 Å². The van der Waals surface area contributed by atoms with Crippen LogP contribution in [0.3, 0.4) is 0 Å². The first-order valence-corrected chi connectivity index (χ1v) is 11.3. The quantitative estimate of drug-likeness (QED) is 0.312. The van der Waals surface area contributed by atoms with Crippen LogP contribution in [-0.2, 0) is 4.74 Å². The van der Waals surface area contributed by atoms with Gasteiger partial charge in [-0.05, 0) is 42.3 Å². The van der Waals surface area contributed by atoms with E-state index in [4.69, 9.17) is 4.74 Å². The normalized spacial score (nSPS) is 22.2. The smallest absolute Gasteiger partial charge is 0.145 e. The van der Waals surface area contributed by atoms with Crippen LogP contribution in [0.25, 0.3) is 0 Å². The number of hydrogen-bond donors (Lipinski definition) is 0. The Balaban J connectivity index is 2.66. The van der Waals surface area contributed by atoms with E-state index in [2.05, 4.69) is 59.6 Å². The summed E-state index contributed by atoms with van der Waals surface area (Å²) >= 11 is 0. The molecule has 0 spiro atoms. The lowest BCUT2D eigenvalue weighted by molar-refractivity contribution is 0.0442. The van der Waals surface area contributed by atoms with E-state index in [-0.39, 0.29) is 0 Å². The zero-order chi connectivity index (χ0) is 16.8. The molecule has 0 aromatic rings. The Bertz CT molecular complexity index is 378. The first-order valence-electron chi connectivity index (χ1n) is 9.10. The molecule has 1 nitrogen and oxygen atoms in total. The van der Waals surface area contributed by atoms with Gasteiger partial charge in [0.25, 0.3) is 0 Å². The topological polar surface area (TPSA) is 9.23 Å². The fraction of sp³-hybridized carbons (Fsp3) is 0.800. The van der Waals surface area contributed by atoms with Crippen LogP contribution in [0.2, 0.25) is 16.6 Å². The maximum atomic E-state index is 6.12. The molecule has 2 atom stereocenters. The first-order chi connectivity index (χ1) is 10.3. The fourth-order valence-electron chi connectivity index (χ4n) is 4.20. The van der Waals surface area contributed by atoms with Gasteiger partial charge in [0.15, 0.2) is 0 Å². The predicted octanol–water partition coefficient (Wildman–Crippen LogP) is 6.11. The van der Waals surface area contributed by atoms with Crippen molar-refractivity contribution in [3.05, 3.63) is 12.7 Å². The van der Waals surface area contributed by atoms with Crippen molar-refractivity contribution in [3.63, 3.8) is 0 Å². The van der Waals surface area contributed by atoms with E-state index >= 15 is 0 Å². The summed E-state index contributed by atoms with van der Waals surface area (Å²) in [6.07, 6.45) is 8.27. The van der Waals surface area contributed by atoms with E-state index in [1.807, 2.05) is 6.08 Å². The van der Waals surface area contributed by atoms with Gasteiger partial charge in [-0.1, -0.05) is 47.6 Å². The minimum Gasteiger partial charge on any atom is -0.374 e. The molecule has 0 aliphatic carbocycles. The van der Waals surface area contributed by atoms with Crippen LogP contribution in [-0.4, -0.2) is 20.3 Å². The Morgan fingerprint density at radius 2 is 1.59 bits per heavy atom.